The third-order valence-electron chi connectivity index (χ3n) is 3.58. The topological polar surface area (TPSA) is 29.3 Å². The van der Waals surface area contributed by atoms with Crippen LogP contribution in [0.25, 0.3) is 0 Å². The molecule has 1 aliphatic heterocycles. The van der Waals surface area contributed by atoms with E-state index in [0.29, 0.717) is 6.42 Å². The Morgan fingerprint density at radius 1 is 1.16 bits per heavy atom. The number of hydrogen-bond acceptors (Lipinski definition) is 2. The summed E-state index contributed by atoms with van der Waals surface area (Å²) in [5.74, 6) is 0. The van der Waals surface area contributed by atoms with Crippen LogP contribution in [-0.2, 0) is 6.42 Å². The van der Waals surface area contributed by atoms with Crippen LogP contribution in [0.5, 0.6) is 0 Å². The van der Waals surface area contributed by atoms with Gasteiger partial charge >= 0.3 is 6.18 Å². The maximum absolute atomic E-state index is 12.4. The number of rotatable bonds is 4. The van der Waals surface area contributed by atoms with E-state index >= 15 is 0 Å². The van der Waals surface area contributed by atoms with E-state index in [0.717, 1.165) is 37.2 Å². The molecule has 1 saturated heterocycles. The summed E-state index contributed by atoms with van der Waals surface area (Å²) in [7, 11) is 0. The highest BCUT2D eigenvalue weighted by Gasteiger charge is 2.36. The molecule has 0 aromatic heterocycles. The second-order valence-corrected chi connectivity index (χ2v) is 5.01. The van der Waals surface area contributed by atoms with Gasteiger partial charge in [-0.25, -0.2) is 0 Å². The number of nitrogens with two attached hydrogens (primary N) is 1. The van der Waals surface area contributed by atoms with Gasteiger partial charge in [0, 0.05) is 18.8 Å². The van der Waals surface area contributed by atoms with E-state index in [1.807, 2.05) is 24.3 Å². The summed E-state index contributed by atoms with van der Waals surface area (Å²) in [5, 5.41) is 0. The monoisotopic (exact) mass is 272 g/mol. The molecule has 1 unspecified atom stereocenters. The van der Waals surface area contributed by atoms with Crippen LogP contribution in [-0.4, -0.2) is 25.3 Å². The number of hydrogen-bond donors (Lipinski definition) is 1. The third-order valence-corrected chi connectivity index (χ3v) is 3.58. The van der Waals surface area contributed by atoms with Crippen LogP contribution >= 0.6 is 0 Å². The second-order valence-electron chi connectivity index (χ2n) is 5.01. The summed E-state index contributed by atoms with van der Waals surface area (Å²) in [4.78, 5) is 2.24. The van der Waals surface area contributed by atoms with Gasteiger partial charge in [-0.1, -0.05) is 18.2 Å². The van der Waals surface area contributed by atoms with Crippen molar-refractivity contribution >= 4 is 5.69 Å². The zero-order chi connectivity index (χ0) is 13.9. The Morgan fingerprint density at radius 2 is 1.79 bits per heavy atom. The lowest BCUT2D eigenvalue weighted by Crippen LogP contribution is -2.37. The fourth-order valence-electron chi connectivity index (χ4n) is 2.46. The van der Waals surface area contributed by atoms with Crippen molar-refractivity contribution in [3.63, 3.8) is 0 Å². The summed E-state index contributed by atoms with van der Waals surface area (Å²) in [6.45, 7) is 1.98. The van der Waals surface area contributed by atoms with Gasteiger partial charge in [0.15, 0.2) is 0 Å². The highest BCUT2D eigenvalue weighted by molar-refractivity contribution is 5.54. The summed E-state index contributed by atoms with van der Waals surface area (Å²) < 4.78 is 37.3. The molecule has 5 heteroatoms. The van der Waals surface area contributed by atoms with Crippen LogP contribution in [0.15, 0.2) is 24.3 Å². The molecular formula is C14H19F3N2. The zero-order valence-corrected chi connectivity index (χ0v) is 10.8. The molecule has 0 amide bonds. The van der Waals surface area contributed by atoms with E-state index in [1.165, 1.54) is 0 Å². The maximum Gasteiger partial charge on any atom is 0.403 e. The molecule has 0 spiro atoms. The van der Waals surface area contributed by atoms with E-state index < -0.39 is 12.2 Å². The average Bonchev–Trinajstić information content (AvgIpc) is 2.88. The van der Waals surface area contributed by atoms with Gasteiger partial charge in [-0.2, -0.15) is 13.2 Å². The molecule has 1 aliphatic rings. The first-order chi connectivity index (χ1) is 8.98. The lowest BCUT2D eigenvalue weighted by Gasteiger charge is -2.22. The van der Waals surface area contributed by atoms with Crippen LogP contribution < -0.4 is 10.6 Å². The Balaban J connectivity index is 2.04. The maximum atomic E-state index is 12.4. The lowest BCUT2D eigenvalue weighted by molar-refractivity contribution is -0.148. The summed E-state index contributed by atoms with van der Waals surface area (Å²) in [5.41, 5.74) is 7.19. The number of alkyl halides is 3. The number of benzene rings is 1. The summed E-state index contributed by atoms with van der Waals surface area (Å²) in [6, 6.07) is 5.95. The van der Waals surface area contributed by atoms with Crippen LogP contribution in [0.2, 0.25) is 0 Å². The molecule has 19 heavy (non-hydrogen) atoms. The molecule has 1 aromatic carbocycles. The van der Waals surface area contributed by atoms with Gasteiger partial charge in [-0.3, -0.25) is 0 Å². The predicted octanol–water partition coefficient (Wildman–Crippen LogP) is 3.11. The molecule has 1 heterocycles. The molecule has 2 rings (SSSR count). The standard InChI is InChI=1S/C14H19F3N2/c15-14(16,17)13(18)8-7-11-5-1-2-6-12(11)19-9-3-4-10-19/h1-2,5-6,13H,3-4,7-10,18H2. The van der Waals surface area contributed by atoms with E-state index in [4.69, 9.17) is 5.73 Å². The fraction of sp³-hybridized carbons (Fsp3) is 0.571. The van der Waals surface area contributed by atoms with E-state index in [9.17, 15) is 13.2 Å². The van der Waals surface area contributed by atoms with Gasteiger partial charge in [-0.15, -0.1) is 0 Å². The molecule has 2 N–H and O–H groups in total. The fourth-order valence-corrected chi connectivity index (χ4v) is 2.46. The van der Waals surface area contributed by atoms with E-state index in [2.05, 4.69) is 4.90 Å². The highest BCUT2D eigenvalue weighted by atomic mass is 19.4. The molecule has 1 atom stereocenters. The molecule has 106 valence electrons. The van der Waals surface area contributed by atoms with Crippen LogP contribution in [0, 0.1) is 0 Å². The number of para-hydroxylation sites is 1. The first-order valence-electron chi connectivity index (χ1n) is 6.63. The Hall–Kier alpha value is -1.23. The normalized spacial score (nSPS) is 17.8. The van der Waals surface area contributed by atoms with Crippen molar-refractivity contribution in [2.45, 2.75) is 37.9 Å². The number of aryl methyl sites for hydroxylation is 1. The minimum Gasteiger partial charge on any atom is -0.371 e. The Bertz CT molecular complexity index is 411. The van der Waals surface area contributed by atoms with Gasteiger partial charge in [0.2, 0.25) is 0 Å². The first-order valence-corrected chi connectivity index (χ1v) is 6.63. The summed E-state index contributed by atoms with van der Waals surface area (Å²) in [6.07, 6.45) is -1.70. The van der Waals surface area contributed by atoms with Gasteiger partial charge < -0.3 is 10.6 Å². The van der Waals surface area contributed by atoms with Crippen LogP contribution in [0.3, 0.4) is 0 Å². The first kappa shape index (κ1) is 14.2. The highest BCUT2D eigenvalue weighted by Crippen LogP contribution is 2.27. The molecular weight excluding hydrogens is 253 g/mol. The molecule has 0 bridgehead atoms. The summed E-state index contributed by atoms with van der Waals surface area (Å²) >= 11 is 0. The molecule has 2 nitrogen and oxygen atoms in total. The number of halogens is 3. The van der Waals surface area contributed by atoms with E-state index in [-0.39, 0.29) is 6.42 Å². The van der Waals surface area contributed by atoms with Gasteiger partial charge in [-0.05, 0) is 37.3 Å². The van der Waals surface area contributed by atoms with Crippen LogP contribution in [0.1, 0.15) is 24.8 Å². The van der Waals surface area contributed by atoms with Crippen LogP contribution in [0.4, 0.5) is 18.9 Å². The van der Waals surface area contributed by atoms with Crippen molar-refractivity contribution in [3.05, 3.63) is 29.8 Å². The van der Waals surface area contributed by atoms with Crippen molar-refractivity contribution in [1.29, 1.82) is 0 Å². The Kier molecular flexibility index (Phi) is 4.34. The van der Waals surface area contributed by atoms with Crippen molar-refractivity contribution in [1.82, 2.24) is 0 Å². The Morgan fingerprint density at radius 3 is 2.42 bits per heavy atom. The molecule has 0 aliphatic carbocycles. The molecule has 0 saturated carbocycles. The average molecular weight is 272 g/mol. The molecule has 0 radical (unpaired) electrons. The number of anilines is 1. The second kappa shape index (κ2) is 5.82. The zero-order valence-electron chi connectivity index (χ0n) is 10.8. The lowest BCUT2D eigenvalue weighted by atomic mass is 10.0. The van der Waals surface area contributed by atoms with Gasteiger partial charge in [0.25, 0.3) is 0 Å². The SMILES string of the molecule is NC(CCc1ccccc1N1CCCC1)C(F)(F)F. The van der Waals surface area contributed by atoms with Crippen molar-refractivity contribution in [2.75, 3.05) is 18.0 Å². The third kappa shape index (κ3) is 3.62. The van der Waals surface area contributed by atoms with Gasteiger partial charge in [0.05, 0.1) is 0 Å². The van der Waals surface area contributed by atoms with Crippen molar-refractivity contribution in [2.24, 2.45) is 5.73 Å². The largest absolute Gasteiger partial charge is 0.403 e. The quantitative estimate of drug-likeness (QED) is 0.912. The van der Waals surface area contributed by atoms with Gasteiger partial charge in [0.1, 0.15) is 6.04 Å². The number of nitrogens with zero attached hydrogens (tertiary/aromatic N) is 1. The van der Waals surface area contributed by atoms with Crippen molar-refractivity contribution in [3.8, 4) is 0 Å². The van der Waals surface area contributed by atoms with E-state index in [1.54, 1.807) is 0 Å². The minimum atomic E-state index is -4.30. The minimum absolute atomic E-state index is 0.0612. The smallest absolute Gasteiger partial charge is 0.371 e. The molecule has 1 aromatic rings. The molecule has 1 fully saturated rings. The van der Waals surface area contributed by atoms with Crippen molar-refractivity contribution < 1.29 is 13.2 Å². The Labute approximate surface area is 111 Å². The predicted molar refractivity (Wildman–Crippen MR) is 70.2 cm³/mol.